The molecule has 1 amide bonds. The molecule has 1 aliphatic rings. The second-order valence-corrected chi connectivity index (χ2v) is 5.79. The van der Waals surface area contributed by atoms with Crippen molar-refractivity contribution in [2.45, 2.75) is 25.3 Å². The zero-order chi connectivity index (χ0) is 16.8. The highest BCUT2D eigenvalue weighted by molar-refractivity contribution is 5.95. The fourth-order valence-corrected chi connectivity index (χ4v) is 3.00. The summed E-state index contributed by atoms with van der Waals surface area (Å²) >= 11 is 0. The summed E-state index contributed by atoms with van der Waals surface area (Å²) in [5.74, 6) is 1.32. The van der Waals surface area contributed by atoms with Crippen LogP contribution < -0.4 is 20.1 Å². The van der Waals surface area contributed by atoms with Gasteiger partial charge < -0.3 is 24.8 Å². The molecule has 2 N–H and O–H groups in total. The zero-order valence-electron chi connectivity index (χ0n) is 14.1. The van der Waals surface area contributed by atoms with E-state index in [4.69, 9.17) is 19.9 Å². The molecule has 0 aromatic heterocycles. The largest absolute Gasteiger partial charge is 0.493 e. The van der Waals surface area contributed by atoms with E-state index >= 15 is 0 Å². The lowest BCUT2D eigenvalue weighted by molar-refractivity contribution is -0.122. The summed E-state index contributed by atoms with van der Waals surface area (Å²) in [6.45, 7) is 0.968. The van der Waals surface area contributed by atoms with Gasteiger partial charge in [0.25, 0.3) is 0 Å². The van der Waals surface area contributed by atoms with Crippen LogP contribution in [-0.4, -0.2) is 46.4 Å². The molecule has 0 heterocycles. The van der Waals surface area contributed by atoms with E-state index in [1.165, 1.54) is 0 Å². The van der Waals surface area contributed by atoms with E-state index in [1.807, 2.05) is 18.2 Å². The minimum atomic E-state index is -0.0186. The highest BCUT2D eigenvalue weighted by Gasteiger charge is 2.31. The van der Waals surface area contributed by atoms with Crippen LogP contribution >= 0.6 is 0 Å². The van der Waals surface area contributed by atoms with Crippen molar-refractivity contribution in [3.8, 4) is 11.5 Å². The van der Waals surface area contributed by atoms with Gasteiger partial charge in [0.1, 0.15) is 0 Å². The van der Waals surface area contributed by atoms with Gasteiger partial charge in [-0.05, 0) is 31.4 Å². The number of nitrogens with zero attached hydrogens (tertiary/aromatic N) is 1. The predicted octanol–water partition coefficient (Wildman–Crippen LogP) is 1.81. The normalized spacial score (nSPS) is 20.3. The molecule has 1 aromatic carbocycles. The number of ether oxygens (including phenoxy) is 3. The summed E-state index contributed by atoms with van der Waals surface area (Å²) in [4.78, 5) is 14.7. The van der Waals surface area contributed by atoms with Crippen LogP contribution in [0.2, 0.25) is 0 Å². The fraction of sp³-hybridized carbons (Fsp3) is 0.588. The van der Waals surface area contributed by atoms with Crippen molar-refractivity contribution < 1.29 is 19.0 Å². The smallest absolute Gasteiger partial charge is 0.230 e. The van der Waals surface area contributed by atoms with E-state index in [2.05, 4.69) is 0 Å². The number of rotatable bonds is 7. The fourth-order valence-electron chi connectivity index (χ4n) is 3.00. The highest BCUT2D eigenvalue weighted by atomic mass is 16.5. The first-order valence-electron chi connectivity index (χ1n) is 7.88. The van der Waals surface area contributed by atoms with Crippen LogP contribution in [0.4, 0.5) is 5.69 Å². The molecule has 0 aliphatic heterocycles. The van der Waals surface area contributed by atoms with Crippen LogP contribution in [0.5, 0.6) is 11.5 Å². The molecule has 2 rings (SSSR count). The van der Waals surface area contributed by atoms with E-state index in [0.29, 0.717) is 24.7 Å². The summed E-state index contributed by atoms with van der Waals surface area (Å²) in [6.07, 6.45) is 2.49. The first-order chi connectivity index (χ1) is 11.1. The van der Waals surface area contributed by atoms with E-state index < -0.39 is 0 Å². The lowest BCUT2D eigenvalue weighted by Crippen LogP contribution is -2.38. The molecule has 1 saturated carbocycles. The molecule has 1 aromatic rings. The summed E-state index contributed by atoms with van der Waals surface area (Å²) in [7, 11) is 4.80. The van der Waals surface area contributed by atoms with Crippen molar-refractivity contribution in [1.29, 1.82) is 0 Å². The quantitative estimate of drug-likeness (QED) is 0.829. The van der Waals surface area contributed by atoms with Crippen LogP contribution in [0.1, 0.15) is 19.3 Å². The van der Waals surface area contributed by atoms with Gasteiger partial charge in [-0.2, -0.15) is 0 Å². The van der Waals surface area contributed by atoms with Gasteiger partial charge in [-0.25, -0.2) is 0 Å². The monoisotopic (exact) mass is 322 g/mol. The van der Waals surface area contributed by atoms with E-state index in [-0.39, 0.29) is 17.9 Å². The van der Waals surface area contributed by atoms with E-state index in [9.17, 15) is 4.79 Å². The van der Waals surface area contributed by atoms with Crippen molar-refractivity contribution in [2.24, 2.45) is 11.7 Å². The number of hydrogen-bond donors (Lipinski definition) is 1. The zero-order valence-corrected chi connectivity index (χ0v) is 14.1. The number of benzene rings is 1. The molecule has 6 heteroatoms. The molecule has 1 fully saturated rings. The highest BCUT2D eigenvalue weighted by Crippen LogP contribution is 2.33. The number of amides is 1. The molecular weight excluding hydrogens is 296 g/mol. The van der Waals surface area contributed by atoms with Gasteiger partial charge in [0, 0.05) is 37.4 Å². The van der Waals surface area contributed by atoms with Crippen molar-refractivity contribution in [1.82, 2.24) is 0 Å². The lowest BCUT2D eigenvalue weighted by atomic mass is 10.1. The Morgan fingerprint density at radius 1 is 1.22 bits per heavy atom. The average Bonchev–Trinajstić information content (AvgIpc) is 3.01. The maximum atomic E-state index is 12.9. The predicted molar refractivity (Wildman–Crippen MR) is 89.1 cm³/mol. The third-order valence-electron chi connectivity index (χ3n) is 4.29. The Morgan fingerprint density at radius 3 is 2.52 bits per heavy atom. The average molecular weight is 322 g/mol. The van der Waals surface area contributed by atoms with Crippen molar-refractivity contribution in [3.63, 3.8) is 0 Å². The number of methoxy groups -OCH3 is 3. The topological polar surface area (TPSA) is 74.0 Å². The number of carbonyl (C=O) groups excluding carboxylic acids is 1. The van der Waals surface area contributed by atoms with Gasteiger partial charge >= 0.3 is 0 Å². The molecule has 1 aliphatic carbocycles. The minimum absolute atomic E-state index is 0.0186. The first-order valence-corrected chi connectivity index (χ1v) is 7.88. The summed E-state index contributed by atoms with van der Waals surface area (Å²) < 4.78 is 15.8. The number of anilines is 1. The summed E-state index contributed by atoms with van der Waals surface area (Å²) in [5, 5.41) is 0. The second kappa shape index (κ2) is 8.17. The third kappa shape index (κ3) is 4.14. The standard InChI is InChI=1S/C17H26N2O4/c1-21-9-8-19(17(20)12-4-5-13(18)10-12)14-6-7-15(22-2)16(11-14)23-3/h6-7,11-13H,4-5,8-10,18H2,1-3H3. The second-order valence-electron chi connectivity index (χ2n) is 5.79. The first kappa shape index (κ1) is 17.6. The third-order valence-corrected chi connectivity index (χ3v) is 4.29. The Hall–Kier alpha value is -1.79. The Morgan fingerprint density at radius 2 is 1.96 bits per heavy atom. The maximum Gasteiger partial charge on any atom is 0.230 e. The van der Waals surface area contributed by atoms with E-state index in [0.717, 1.165) is 24.9 Å². The minimum Gasteiger partial charge on any atom is -0.493 e. The van der Waals surface area contributed by atoms with Crippen LogP contribution in [0, 0.1) is 5.92 Å². The van der Waals surface area contributed by atoms with Crippen molar-refractivity contribution in [3.05, 3.63) is 18.2 Å². The molecule has 0 spiro atoms. The van der Waals surface area contributed by atoms with Crippen molar-refractivity contribution >= 4 is 11.6 Å². The van der Waals surface area contributed by atoms with Gasteiger partial charge in [0.2, 0.25) is 5.91 Å². The Kier molecular flexibility index (Phi) is 6.24. The molecule has 0 bridgehead atoms. The van der Waals surface area contributed by atoms with Crippen LogP contribution in [0.25, 0.3) is 0 Å². The number of nitrogens with two attached hydrogens (primary N) is 1. The lowest BCUT2D eigenvalue weighted by Gasteiger charge is -2.26. The van der Waals surface area contributed by atoms with Gasteiger partial charge in [-0.15, -0.1) is 0 Å². The SMILES string of the molecule is COCCN(C(=O)C1CCC(N)C1)c1ccc(OC)c(OC)c1. The molecule has 6 nitrogen and oxygen atoms in total. The Labute approximate surface area is 137 Å². The molecule has 2 atom stereocenters. The molecule has 0 saturated heterocycles. The van der Waals surface area contributed by atoms with Crippen LogP contribution in [0.3, 0.4) is 0 Å². The Balaban J connectivity index is 2.25. The molecule has 128 valence electrons. The van der Waals surface area contributed by atoms with Gasteiger partial charge in [0.05, 0.1) is 20.8 Å². The summed E-state index contributed by atoms with van der Waals surface area (Å²) in [5.41, 5.74) is 6.74. The van der Waals surface area contributed by atoms with Crippen molar-refractivity contribution in [2.75, 3.05) is 39.4 Å². The van der Waals surface area contributed by atoms with Gasteiger partial charge in [0.15, 0.2) is 11.5 Å². The number of hydrogen-bond acceptors (Lipinski definition) is 5. The Bertz CT molecular complexity index is 535. The van der Waals surface area contributed by atoms with Gasteiger partial charge in [-0.3, -0.25) is 4.79 Å². The van der Waals surface area contributed by atoms with Crippen LogP contribution in [-0.2, 0) is 9.53 Å². The molecule has 2 unspecified atom stereocenters. The summed E-state index contributed by atoms with van der Waals surface area (Å²) in [6, 6.07) is 5.62. The van der Waals surface area contributed by atoms with Crippen LogP contribution in [0.15, 0.2) is 18.2 Å². The molecular formula is C17H26N2O4. The van der Waals surface area contributed by atoms with Gasteiger partial charge in [-0.1, -0.05) is 0 Å². The molecule has 0 radical (unpaired) electrons. The number of carbonyl (C=O) groups is 1. The maximum absolute atomic E-state index is 12.9. The van der Waals surface area contributed by atoms with E-state index in [1.54, 1.807) is 26.2 Å². The molecule has 23 heavy (non-hydrogen) atoms.